The van der Waals surface area contributed by atoms with Gasteiger partial charge in [-0.25, -0.2) is 0 Å². The highest BCUT2D eigenvalue weighted by Gasteiger charge is 2.27. The van der Waals surface area contributed by atoms with E-state index in [1.807, 2.05) is 34.1 Å². The summed E-state index contributed by atoms with van der Waals surface area (Å²) in [6, 6.07) is 7.51. The first kappa shape index (κ1) is 16.2. The third-order valence-corrected chi connectivity index (χ3v) is 4.39. The third kappa shape index (κ3) is 4.22. The van der Waals surface area contributed by atoms with Crippen LogP contribution in [-0.2, 0) is 14.3 Å². The summed E-state index contributed by atoms with van der Waals surface area (Å²) in [5, 5.41) is 3.44. The molecule has 6 nitrogen and oxygen atoms in total. The molecule has 23 heavy (non-hydrogen) atoms. The molecule has 0 spiro atoms. The molecule has 124 valence electrons. The first-order chi connectivity index (χ1) is 11.1. The summed E-state index contributed by atoms with van der Waals surface area (Å²) < 4.78 is 5.78. The zero-order chi connectivity index (χ0) is 16.2. The lowest BCUT2D eigenvalue weighted by atomic mass is 10.1. The van der Waals surface area contributed by atoms with Crippen molar-refractivity contribution in [1.29, 1.82) is 0 Å². The van der Waals surface area contributed by atoms with Gasteiger partial charge in [0.15, 0.2) is 0 Å². The fourth-order valence-electron chi connectivity index (χ4n) is 2.87. The van der Waals surface area contributed by atoms with E-state index < -0.39 is 0 Å². The quantitative estimate of drug-likeness (QED) is 0.880. The minimum absolute atomic E-state index is 0.0231. The fraction of sp³-hybridized carbons (Fsp3) is 0.500. The summed E-state index contributed by atoms with van der Waals surface area (Å²) in [4.78, 5) is 27.6. The Morgan fingerprint density at radius 1 is 1.30 bits per heavy atom. The van der Waals surface area contributed by atoms with Crippen LogP contribution < -0.4 is 5.32 Å². The summed E-state index contributed by atoms with van der Waals surface area (Å²) in [7, 11) is 0. The number of nitrogens with zero attached hydrogens (tertiary/aromatic N) is 2. The molecule has 3 rings (SSSR count). The van der Waals surface area contributed by atoms with E-state index in [2.05, 4.69) is 5.32 Å². The number of piperazine rings is 1. The van der Waals surface area contributed by atoms with Gasteiger partial charge in [-0.05, 0) is 17.7 Å². The number of rotatable bonds is 3. The highest BCUT2D eigenvalue weighted by molar-refractivity contribution is 6.30. The van der Waals surface area contributed by atoms with Crippen LogP contribution >= 0.6 is 11.6 Å². The van der Waals surface area contributed by atoms with Crippen molar-refractivity contribution in [2.75, 3.05) is 45.9 Å². The lowest BCUT2D eigenvalue weighted by Gasteiger charge is -2.35. The SMILES string of the molecule is O=C1CN(CC(=O)N2CCO[C@@H](c3ccc(Cl)cc3)C2)CCN1. The standard InChI is InChI=1S/C16H20ClN3O3/c17-13-3-1-12(2-4-13)14-9-20(7-8-23-14)16(22)11-19-6-5-18-15(21)10-19/h1-4,14H,5-11H2,(H,18,21)/t14-/m1/s1. The molecule has 0 unspecified atom stereocenters. The number of amides is 2. The molecule has 0 saturated carbocycles. The molecule has 2 heterocycles. The van der Waals surface area contributed by atoms with E-state index in [-0.39, 0.29) is 31.0 Å². The van der Waals surface area contributed by atoms with E-state index >= 15 is 0 Å². The Balaban J connectivity index is 1.58. The van der Waals surface area contributed by atoms with Gasteiger partial charge >= 0.3 is 0 Å². The smallest absolute Gasteiger partial charge is 0.236 e. The first-order valence-electron chi connectivity index (χ1n) is 7.76. The minimum Gasteiger partial charge on any atom is -0.370 e. The molecule has 7 heteroatoms. The summed E-state index contributed by atoms with van der Waals surface area (Å²) in [6.45, 7) is 3.51. The fourth-order valence-corrected chi connectivity index (χ4v) is 3.00. The molecule has 0 aromatic heterocycles. The van der Waals surface area contributed by atoms with Gasteiger partial charge in [0.05, 0.1) is 26.2 Å². The van der Waals surface area contributed by atoms with E-state index in [4.69, 9.17) is 16.3 Å². The van der Waals surface area contributed by atoms with Gasteiger partial charge < -0.3 is 15.0 Å². The van der Waals surface area contributed by atoms with Crippen LogP contribution in [0.3, 0.4) is 0 Å². The number of halogens is 1. The van der Waals surface area contributed by atoms with Gasteiger partial charge in [0.1, 0.15) is 6.10 Å². The summed E-state index contributed by atoms with van der Waals surface area (Å²) in [6.07, 6.45) is -0.130. The molecule has 2 fully saturated rings. The molecule has 0 radical (unpaired) electrons. The molecule has 0 bridgehead atoms. The molecule has 2 saturated heterocycles. The van der Waals surface area contributed by atoms with Crippen LogP contribution in [0, 0.1) is 0 Å². The van der Waals surface area contributed by atoms with E-state index in [9.17, 15) is 9.59 Å². The third-order valence-electron chi connectivity index (χ3n) is 4.14. The van der Waals surface area contributed by atoms with Gasteiger partial charge in [-0.1, -0.05) is 23.7 Å². The van der Waals surface area contributed by atoms with Gasteiger partial charge in [0.25, 0.3) is 0 Å². The van der Waals surface area contributed by atoms with Crippen LogP contribution in [0.1, 0.15) is 11.7 Å². The summed E-state index contributed by atoms with van der Waals surface area (Å²) >= 11 is 5.91. The highest BCUT2D eigenvalue weighted by Crippen LogP contribution is 2.23. The topological polar surface area (TPSA) is 61.9 Å². The minimum atomic E-state index is -0.130. The number of morpholine rings is 1. The Kier molecular flexibility index (Phi) is 5.15. The highest BCUT2D eigenvalue weighted by atomic mass is 35.5. The van der Waals surface area contributed by atoms with Crippen molar-refractivity contribution in [2.45, 2.75) is 6.10 Å². The van der Waals surface area contributed by atoms with Crippen molar-refractivity contribution in [3.8, 4) is 0 Å². The molecule has 0 aliphatic carbocycles. The second-order valence-electron chi connectivity index (χ2n) is 5.81. The number of carbonyl (C=O) groups excluding carboxylic acids is 2. The zero-order valence-corrected chi connectivity index (χ0v) is 13.6. The van der Waals surface area contributed by atoms with Crippen molar-refractivity contribution in [2.24, 2.45) is 0 Å². The first-order valence-corrected chi connectivity index (χ1v) is 8.13. The number of carbonyl (C=O) groups is 2. The lowest BCUT2D eigenvalue weighted by molar-refractivity contribution is -0.141. The van der Waals surface area contributed by atoms with E-state index in [0.717, 1.165) is 5.56 Å². The van der Waals surface area contributed by atoms with Crippen LogP contribution in [0.25, 0.3) is 0 Å². The predicted molar refractivity (Wildman–Crippen MR) is 86.2 cm³/mol. The van der Waals surface area contributed by atoms with Crippen molar-refractivity contribution in [3.05, 3.63) is 34.9 Å². The normalized spacial score (nSPS) is 22.7. The van der Waals surface area contributed by atoms with Crippen LogP contribution in [0.2, 0.25) is 5.02 Å². The van der Waals surface area contributed by atoms with Gasteiger partial charge in [-0.3, -0.25) is 14.5 Å². The average molecular weight is 338 g/mol. The van der Waals surface area contributed by atoms with E-state index in [0.29, 0.717) is 37.8 Å². The molecule has 1 aromatic rings. The average Bonchev–Trinajstić information content (AvgIpc) is 2.56. The molecule has 2 amide bonds. The van der Waals surface area contributed by atoms with Crippen LogP contribution in [0.5, 0.6) is 0 Å². The molecule has 2 aliphatic heterocycles. The molecule has 2 aliphatic rings. The van der Waals surface area contributed by atoms with Crippen molar-refractivity contribution >= 4 is 23.4 Å². The number of hydrogen-bond donors (Lipinski definition) is 1. The second kappa shape index (κ2) is 7.29. The largest absolute Gasteiger partial charge is 0.370 e. The Morgan fingerprint density at radius 3 is 2.83 bits per heavy atom. The van der Waals surface area contributed by atoms with Crippen molar-refractivity contribution < 1.29 is 14.3 Å². The van der Waals surface area contributed by atoms with Crippen LogP contribution in [0.15, 0.2) is 24.3 Å². The van der Waals surface area contributed by atoms with Gasteiger partial charge in [-0.2, -0.15) is 0 Å². The Morgan fingerprint density at radius 2 is 2.09 bits per heavy atom. The van der Waals surface area contributed by atoms with Gasteiger partial charge in [0.2, 0.25) is 11.8 Å². The molecule has 1 atom stereocenters. The van der Waals surface area contributed by atoms with Gasteiger partial charge in [0, 0.05) is 24.7 Å². The lowest BCUT2D eigenvalue weighted by Crippen LogP contribution is -2.52. The molecular formula is C16H20ClN3O3. The Labute approximate surface area is 140 Å². The number of hydrogen-bond acceptors (Lipinski definition) is 4. The summed E-state index contributed by atoms with van der Waals surface area (Å²) in [5.41, 5.74) is 1.02. The maximum absolute atomic E-state index is 12.5. The Bertz CT molecular complexity index is 578. The molecule has 1 N–H and O–H groups in total. The number of nitrogens with one attached hydrogen (secondary N) is 1. The van der Waals surface area contributed by atoms with Crippen molar-refractivity contribution in [1.82, 2.24) is 15.1 Å². The maximum Gasteiger partial charge on any atom is 0.236 e. The summed E-state index contributed by atoms with van der Waals surface area (Å²) in [5.74, 6) is 0.0204. The van der Waals surface area contributed by atoms with Crippen LogP contribution in [-0.4, -0.2) is 67.5 Å². The van der Waals surface area contributed by atoms with E-state index in [1.165, 1.54) is 0 Å². The number of ether oxygens (including phenoxy) is 1. The maximum atomic E-state index is 12.5. The molecular weight excluding hydrogens is 318 g/mol. The van der Waals surface area contributed by atoms with E-state index in [1.54, 1.807) is 0 Å². The Hall–Kier alpha value is -1.63. The molecule has 1 aromatic carbocycles. The van der Waals surface area contributed by atoms with Crippen molar-refractivity contribution in [3.63, 3.8) is 0 Å². The monoisotopic (exact) mass is 337 g/mol. The second-order valence-corrected chi connectivity index (χ2v) is 6.25. The predicted octanol–water partition coefficient (Wildman–Crippen LogP) is 0.672. The van der Waals surface area contributed by atoms with Gasteiger partial charge in [-0.15, -0.1) is 0 Å². The van der Waals surface area contributed by atoms with Crippen LogP contribution in [0.4, 0.5) is 0 Å². The zero-order valence-electron chi connectivity index (χ0n) is 12.8. The number of benzene rings is 1.